The molecule has 0 aliphatic carbocycles. The molecule has 0 aliphatic rings. The van der Waals surface area contributed by atoms with Gasteiger partial charge in [0, 0.05) is 11.8 Å². The van der Waals surface area contributed by atoms with Gasteiger partial charge in [-0.3, -0.25) is 4.79 Å². The Morgan fingerprint density at radius 2 is 1.89 bits per heavy atom. The van der Waals surface area contributed by atoms with Gasteiger partial charge in [0.1, 0.15) is 5.58 Å². The van der Waals surface area contributed by atoms with Crippen molar-refractivity contribution in [3.05, 3.63) is 30.2 Å². The first kappa shape index (κ1) is 11.8. The summed E-state index contributed by atoms with van der Waals surface area (Å²) in [5, 5.41) is 1.42. The Balaban J connectivity index is 2.43. The minimum Gasteiger partial charge on any atom is -0.492 e. The van der Waals surface area contributed by atoms with Crippen molar-refractivity contribution in [2.45, 2.75) is 6.42 Å². The van der Waals surface area contributed by atoms with Crippen LogP contribution in [0.3, 0.4) is 0 Å². The molecule has 0 bridgehead atoms. The fourth-order valence-corrected chi connectivity index (χ4v) is 2.34. The van der Waals surface area contributed by atoms with Crippen LogP contribution in [-0.2, 0) is 0 Å². The van der Waals surface area contributed by atoms with Crippen molar-refractivity contribution >= 4 is 27.7 Å². The highest BCUT2D eigenvalue weighted by Crippen LogP contribution is 2.39. The summed E-state index contributed by atoms with van der Waals surface area (Å²) in [6.07, 6.45) is 3.33. The predicted octanol–water partition coefficient (Wildman–Crippen LogP) is 2.72. The van der Waals surface area contributed by atoms with E-state index in [-0.39, 0.29) is 12.2 Å². The van der Waals surface area contributed by atoms with Crippen LogP contribution in [0.2, 0.25) is 0 Å². The van der Waals surface area contributed by atoms with Crippen LogP contribution in [0.4, 0.5) is 0 Å². The average Bonchev–Trinajstić information content (AvgIpc) is 3.03. The van der Waals surface area contributed by atoms with E-state index in [1.165, 1.54) is 12.5 Å². The summed E-state index contributed by atoms with van der Waals surface area (Å²) in [5.41, 5.74) is 7.04. The summed E-state index contributed by atoms with van der Waals surface area (Å²) in [7, 11) is 1.56. The van der Waals surface area contributed by atoms with Crippen LogP contribution in [0, 0.1) is 0 Å². The first-order valence-corrected chi connectivity index (χ1v) is 5.95. The molecular formula is C14H13NO4. The van der Waals surface area contributed by atoms with Gasteiger partial charge >= 0.3 is 0 Å². The minimum absolute atomic E-state index is 0.0588. The monoisotopic (exact) mass is 259 g/mol. The lowest BCUT2D eigenvalue weighted by Gasteiger charge is -2.07. The van der Waals surface area contributed by atoms with E-state index in [0.29, 0.717) is 34.4 Å². The second-order valence-electron chi connectivity index (χ2n) is 4.20. The Morgan fingerprint density at radius 1 is 1.21 bits per heavy atom. The normalized spacial score (nSPS) is 11.3. The highest BCUT2D eigenvalue weighted by Gasteiger charge is 2.23. The maximum absolute atomic E-state index is 12.2. The van der Waals surface area contributed by atoms with Crippen molar-refractivity contribution in [1.82, 2.24) is 0 Å². The molecule has 5 nitrogen and oxygen atoms in total. The van der Waals surface area contributed by atoms with Crippen LogP contribution < -0.4 is 10.5 Å². The van der Waals surface area contributed by atoms with E-state index < -0.39 is 0 Å². The number of nitrogens with two attached hydrogens (primary N) is 1. The molecule has 0 saturated heterocycles. The van der Waals surface area contributed by atoms with Gasteiger partial charge in [-0.05, 0) is 18.7 Å². The molecule has 0 unspecified atom stereocenters. The lowest BCUT2D eigenvalue weighted by Crippen LogP contribution is -2.09. The van der Waals surface area contributed by atoms with Crippen molar-refractivity contribution in [3.63, 3.8) is 0 Å². The molecule has 0 fully saturated rings. The lowest BCUT2D eigenvalue weighted by atomic mass is 10.0. The van der Waals surface area contributed by atoms with Gasteiger partial charge in [-0.15, -0.1) is 0 Å². The van der Waals surface area contributed by atoms with Crippen LogP contribution >= 0.6 is 0 Å². The Kier molecular flexibility index (Phi) is 2.76. The fraction of sp³-hybridized carbons (Fsp3) is 0.214. The van der Waals surface area contributed by atoms with Crippen molar-refractivity contribution in [3.8, 4) is 5.75 Å². The molecule has 1 aromatic carbocycles. The third kappa shape index (κ3) is 1.62. The molecule has 19 heavy (non-hydrogen) atoms. The van der Waals surface area contributed by atoms with Crippen LogP contribution in [0.1, 0.15) is 16.8 Å². The largest absolute Gasteiger partial charge is 0.492 e. The zero-order chi connectivity index (χ0) is 13.4. The smallest absolute Gasteiger partial charge is 0.177 e. The highest BCUT2D eigenvalue weighted by atomic mass is 16.5. The molecule has 2 heterocycles. The summed E-state index contributed by atoms with van der Waals surface area (Å²) in [6, 6.07) is 3.50. The number of benzene rings is 1. The molecule has 3 aromatic rings. The summed E-state index contributed by atoms with van der Waals surface area (Å²) < 4.78 is 16.3. The number of hydrogen-bond acceptors (Lipinski definition) is 5. The molecule has 98 valence electrons. The summed E-state index contributed by atoms with van der Waals surface area (Å²) in [4.78, 5) is 12.2. The summed E-state index contributed by atoms with van der Waals surface area (Å²) in [6.45, 7) is 0.298. The SMILES string of the molecule is COc1c2ccoc2c(C(=O)CCN)c2ccoc12. The van der Waals surface area contributed by atoms with Crippen molar-refractivity contribution < 1.29 is 18.4 Å². The van der Waals surface area contributed by atoms with Gasteiger partial charge in [-0.2, -0.15) is 0 Å². The number of fused-ring (bicyclic) bond motifs is 2. The van der Waals surface area contributed by atoms with Crippen molar-refractivity contribution in [1.29, 1.82) is 0 Å². The molecule has 3 rings (SSSR count). The maximum atomic E-state index is 12.2. The van der Waals surface area contributed by atoms with Crippen LogP contribution in [0.25, 0.3) is 21.9 Å². The highest BCUT2D eigenvalue weighted by molar-refractivity contribution is 6.19. The van der Waals surface area contributed by atoms with Crippen LogP contribution in [0.5, 0.6) is 5.75 Å². The molecule has 0 atom stereocenters. The zero-order valence-electron chi connectivity index (χ0n) is 10.4. The van der Waals surface area contributed by atoms with E-state index in [0.717, 1.165) is 5.39 Å². The van der Waals surface area contributed by atoms with E-state index in [4.69, 9.17) is 19.3 Å². The standard InChI is InChI=1S/C14H13NO4/c1-17-13-9-4-7-18-12(9)11(10(16)2-5-15)8-3-6-19-14(8)13/h3-4,6-7H,2,5,15H2,1H3. The molecule has 5 heteroatoms. The number of methoxy groups -OCH3 is 1. The van der Waals surface area contributed by atoms with E-state index >= 15 is 0 Å². The van der Waals surface area contributed by atoms with Crippen LogP contribution in [-0.4, -0.2) is 19.4 Å². The fourth-order valence-electron chi connectivity index (χ4n) is 2.34. The number of Topliss-reactive ketones (excluding diaryl/α,β-unsaturated/α-hetero) is 1. The Hall–Kier alpha value is -2.27. The minimum atomic E-state index is -0.0588. The number of carbonyl (C=O) groups excluding carboxylic acids is 1. The maximum Gasteiger partial charge on any atom is 0.177 e. The number of ether oxygens (including phenoxy) is 1. The first-order chi connectivity index (χ1) is 9.27. The Labute approximate surface area is 108 Å². The molecule has 0 saturated carbocycles. The molecule has 2 aromatic heterocycles. The van der Waals surface area contributed by atoms with Gasteiger partial charge in [0.2, 0.25) is 0 Å². The molecule has 0 aliphatic heterocycles. The zero-order valence-corrected chi connectivity index (χ0v) is 10.4. The van der Waals surface area contributed by atoms with Gasteiger partial charge in [-0.25, -0.2) is 0 Å². The summed E-state index contributed by atoms with van der Waals surface area (Å²) in [5.74, 6) is 0.518. The number of furan rings is 2. The quantitative estimate of drug-likeness (QED) is 0.729. The second-order valence-corrected chi connectivity index (χ2v) is 4.20. The van der Waals surface area contributed by atoms with E-state index in [9.17, 15) is 4.79 Å². The summed E-state index contributed by atoms with van der Waals surface area (Å²) >= 11 is 0. The molecule has 0 radical (unpaired) electrons. The molecular weight excluding hydrogens is 246 g/mol. The van der Waals surface area contributed by atoms with Gasteiger partial charge in [0.25, 0.3) is 0 Å². The van der Waals surface area contributed by atoms with E-state index in [1.807, 2.05) is 0 Å². The number of rotatable bonds is 4. The first-order valence-electron chi connectivity index (χ1n) is 5.95. The van der Waals surface area contributed by atoms with Crippen molar-refractivity contribution in [2.24, 2.45) is 5.73 Å². The Bertz CT molecular complexity index is 702. The average molecular weight is 259 g/mol. The number of carbonyl (C=O) groups is 1. The molecule has 0 amide bonds. The van der Waals surface area contributed by atoms with Gasteiger partial charge in [0.05, 0.1) is 30.6 Å². The topological polar surface area (TPSA) is 78.6 Å². The van der Waals surface area contributed by atoms with Gasteiger partial charge in [0.15, 0.2) is 17.1 Å². The van der Waals surface area contributed by atoms with Crippen molar-refractivity contribution in [2.75, 3.05) is 13.7 Å². The molecule has 0 spiro atoms. The third-order valence-electron chi connectivity index (χ3n) is 3.13. The van der Waals surface area contributed by atoms with E-state index in [2.05, 4.69) is 0 Å². The Morgan fingerprint density at radius 3 is 2.58 bits per heavy atom. The predicted molar refractivity (Wildman–Crippen MR) is 70.5 cm³/mol. The second kappa shape index (κ2) is 4.44. The van der Waals surface area contributed by atoms with Gasteiger partial charge < -0.3 is 19.3 Å². The lowest BCUT2D eigenvalue weighted by molar-refractivity contribution is 0.0987. The van der Waals surface area contributed by atoms with Gasteiger partial charge in [-0.1, -0.05) is 0 Å². The third-order valence-corrected chi connectivity index (χ3v) is 3.13. The van der Waals surface area contributed by atoms with Crippen LogP contribution in [0.15, 0.2) is 33.5 Å². The molecule has 2 N–H and O–H groups in total. The number of ketones is 1. The van der Waals surface area contributed by atoms with E-state index in [1.54, 1.807) is 19.2 Å². The number of hydrogen-bond donors (Lipinski definition) is 1.